The Kier molecular flexibility index (Phi) is 3.79. The van der Waals surface area contributed by atoms with Crippen molar-refractivity contribution in [3.05, 3.63) is 46.5 Å². The smallest absolute Gasteiger partial charge is 0.316 e. The van der Waals surface area contributed by atoms with Crippen molar-refractivity contribution in [3.63, 3.8) is 0 Å². The molecule has 1 N–H and O–H groups in total. The molecule has 21 heavy (non-hydrogen) atoms. The lowest BCUT2D eigenvalue weighted by atomic mass is 10.1. The molecule has 1 unspecified atom stereocenters. The van der Waals surface area contributed by atoms with Gasteiger partial charge in [0.2, 0.25) is 0 Å². The minimum atomic E-state index is -4.36. The van der Waals surface area contributed by atoms with Crippen molar-refractivity contribution in [2.75, 3.05) is 13.1 Å². The molecule has 0 bridgehead atoms. The van der Waals surface area contributed by atoms with Crippen molar-refractivity contribution in [2.24, 2.45) is 0 Å². The molecule has 1 aliphatic heterocycles. The van der Waals surface area contributed by atoms with E-state index >= 15 is 0 Å². The maximum Gasteiger partial charge on any atom is 0.416 e. The maximum atomic E-state index is 12.9. The van der Waals surface area contributed by atoms with Crippen LogP contribution in [0.5, 0.6) is 0 Å². The fraction of sp³-hybridized carbons (Fsp3) is 0.357. The van der Waals surface area contributed by atoms with E-state index in [-0.39, 0.29) is 5.92 Å². The van der Waals surface area contributed by atoms with E-state index in [1.54, 1.807) is 17.1 Å². The first-order valence-electron chi connectivity index (χ1n) is 6.57. The van der Waals surface area contributed by atoms with E-state index in [1.165, 1.54) is 6.07 Å². The number of benzene rings is 1. The van der Waals surface area contributed by atoms with Gasteiger partial charge in [-0.15, -0.1) is 0 Å². The second kappa shape index (κ2) is 5.46. The highest BCUT2D eigenvalue weighted by Crippen LogP contribution is 2.34. The number of hydrogen-bond donors (Lipinski definition) is 1. The Morgan fingerprint density at radius 1 is 1.33 bits per heavy atom. The highest BCUT2D eigenvalue weighted by Gasteiger charge is 2.31. The molecule has 1 aromatic heterocycles. The number of hydrogen-bond acceptors (Lipinski definition) is 2. The largest absolute Gasteiger partial charge is 0.416 e. The number of aromatic nitrogens is 2. The van der Waals surface area contributed by atoms with E-state index in [4.69, 9.17) is 0 Å². The third-order valence-electron chi connectivity index (χ3n) is 3.68. The Hall–Kier alpha value is -1.34. The zero-order chi connectivity index (χ0) is 15.0. The van der Waals surface area contributed by atoms with Crippen LogP contribution < -0.4 is 5.32 Å². The van der Waals surface area contributed by atoms with Gasteiger partial charge in [0.15, 0.2) is 0 Å². The van der Waals surface area contributed by atoms with Gasteiger partial charge < -0.3 is 9.88 Å². The quantitative estimate of drug-likeness (QED) is 0.885. The second-order valence-electron chi connectivity index (χ2n) is 5.04. The van der Waals surface area contributed by atoms with Gasteiger partial charge in [-0.25, -0.2) is 4.98 Å². The standard InChI is InChI=1S/C14H13BrF3N3/c15-11-2-1-10(14(16,17)18)5-12(11)21-8-20-7-13(21)9-3-4-19-6-9/h1-2,5,7-9,19H,3-4,6H2. The van der Waals surface area contributed by atoms with Gasteiger partial charge >= 0.3 is 6.18 Å². The van der Waals surface area contributed by atoms with Crippen LogP contribution in [-0.4, -0.2) is 22.6 Å². The summed E-state index contributed by atoms with van der Waals surface area (Å²) in [6, 6.07) is 3.65. The van der Waals surface area contributed by atoms with Gasteiger partial charge in [-0.1, -0.05) is 0 Å². The lowest BCUT2D eigenvalue weighted by Crippen LogP contribution is -2.12. The summed E-state index contributed by atoms with van der Waals surface area (Å²) in [5.74, 6) is 0.272. The minimum absolute atomic E-state index is 0.272. The summed E-state index contributed by atoms with van der Waals surface area (Å²) in [5.41, 5.74) is 0.731. The van der Waals surface area contributed by atoms with E-state index < -0.39 is 11.7 Å². The van der Waals surface area contributed by atoms with Crippen molar-refractivity contribution in [1.29, 1.82) is 0 Å². The summed E-state index contributed by atoms with van der Waals surface area (Å²) >= 11 is 3.33. The van der Waals surface area contributed by atoms with Gasteiger partial charge in [0.1, 0.15) is 0 Å². The molecule has 0 radical (unpaired) electrons. The van der Waals surface area contributed by atoms with Crippen molar-refractivity contribution < 1.29 is 13.2 Å². The monoisotopic (exact) mass is 359 g/mol. The van der Waals surface area contributed by atoms with Gasteiger partial charge in [0.05, 0.1) is 17.6 Å². The Morgan fingerprint density at radius 2 is 2.14 bits per heavy atom. The summed E-state index contributed by atoms with van der Waals surface area (Å²) in [7, 11) is 0. The van der Waals surface area contributed by atoms with Gasteiger partial charge in [0.25, 0.3) is 0 Å². The molecule has 0 saturated carbocycles. The Bertz CT molecular complexity index is 645. The van der Waals surface area contributed by atoms with E-state index in [9.17, 15) is 13.2 Å². The first kappa shape index (κ1) is 14.6. The molecule has 0 amide bonds. The van der Waals surface area contributed by atoms with Crippen LogP contribution in [0.3, 0.4) is 0 Å². The van der Waals surface area contributed by atoms with Crippen LogP contribution in [0.15, 0.2) is 35.2 Å². The lowest BCUT2D eigenvalue weighted by Gasteiger charge is -2.16. The molecular weight excluding hydrogens is 347 g/mol. The summed E-state index contributed by atoms with van der Waals surface area (Å²) in [6.45, 7) is 1.74. The summed E-state index contributed by atoms with van der Waals surface area (Å²) in [5, 5.41) is 3.26. The van der Waals surface area contributed by atoms with Crippen LogP contribution in [0.1, 0.15) is 23.6 Å². The third-order valence-corrected chi connectivity index (χ3v) is 4.35. The first-order chi connectivity index (χ1) is 9.97. The molecule has 3 nitrogen and oxygen atoms in total. The van der Waals surface area contributed by atoms with Crippen molar-refractivity contribution in [1.82, 2.24) is 14.9 Å². The molecular formula is C14H13BrF3N3. The number of halogens is 4. The number of alkyl halides is 3. The molecule has 1 aromatic carbocycles. The Labute approximate surface area is 128 Å². The highest BCUT2D eigenvalue weighted by molar-refractivity contribution is 9.10. The van der Waals surface area contributed by atoms with Crippen LogP contribution in [0.2, 0.25) is 0 Å². The molecule has 112 valence electrons. The molecule has 0 aliphatic carbocycles. The molecule has 1 saturated heterocycles. The predicted octanol–water partition coefficient (Wildman–Crippen LogP) is 3.73. The Balaban J connectivity index is 2.06. The molecule has 1 atom stereocenters. The molecule has 7 heteroatoms. The van der Waals surface area contributed by atoms with Gasteiger partial charge in [-0.2, -0.15) is 13.2 Å². The van der Waals surface area contributed by atoms with Gasteiger partial charge in [-0.3, -0.25) is 0 Å². The average molecular weight is 360 g/mol. The summed E-state index contributed by atoms with van der Waals surface area (Å²) < 4.78 is 41.0. The molecule has 3 rings (SSSR count). The van der Waals surface area contributed by atoms with Crippen LogP contribution >= 0.6 is 15.9 Å². The van der Waals surface area contributed by atoms with E-state index in [1.807, 2.05) is 0 Å². The number of rotatable bonds is 2. The molecule has 1 aliphatic rings. The topological polar surface area (TPSA) is 29.9 Å². The molecule has 2 heterocycles. The van der Waals surface area contributed by atoms with Crippen molar-refractivity contribution >= 4 is 15.9 Å². The van der Waals surface area contributed by atoms with E-state index in [2.05, 4.69) is 26.2 Å². The van der Waals surface area contributed by atoms with Gasteiger partial charge in [0, 0.05) is 28.8 Å². The zero-order valence-corrected chi connectivity index (χ0v) is 12.6. The van der Waals surface area contributed by atoms with Crippen LogP contribution in [0.4, 0.5) is 13.2 Å². The lowest BCUT2D eigenvalue weighted by molar-refractivity contribution is -0.137. The normalized spacial score (nSPS) is 19.1. The van der Waals surface area contributed by atoms with Gasteiger partial charge in [-0.05, 0) is 47.1 Å². The maximum absolute atomic E-state index is 12.9. The van der Waals surface area contributed by atoms with E-state index in [0.717, 1.165) is 37.3 Å². The fourth-order valence-electron chi connectivity index (χ4n) is 2.59. The number of nitrogens with one attached hydrogen (secondary N) is 1. The van der Waals surface area contributed by atoms with Crippen LogP contribution in [-0.2, 0) is 6.18 Å². The fourth-order valence-corrected chi connectivity index (χ4v) is 3.03. The number of nitrogens with zero attached hydrogens (tertiary/aromatic N) is 2. The molecule has 1 fully saturated rings. The second-order valence-corrected chi connectivity index (χ2v) is 5.90. The molecule has 0 spiro atoms. The average Bonchev–Trinajstić information content (AvgIpc) is 3.08. The zero-order valence-electron chi connectivity index (χ0n) is 11.0. The Morgan fingerprint density at radius 3 is 2.81 bits per heavy atom. The first-order valence-corrected chi connectivity index (χ1v) is 7.36. The van der Waals surface area contributed by atoms with E-state index in [0.29, 0.717) is 10.2 Å². The summed E-state index contributed by atoms with van der Waals surface area (Å²) in [6.07, 6.45) is -0.106. The van der Waals surface area contributed by atoms with Crippen LogP contribution in [0.25, 0.3) is 5.69 Å². The molecule has 2 aromatic rings. The van der Waals surface area contributed by atoms with Crippen molar-refractivity contribution in [3.8, 4) is 5.69 Å². The summed E-state index contributed by atoms with van der Waals surface area (Å²) in [4.78, 5) is 4.11. The predicted molar refractivity (Wildman–Crippen MR) is 76.5 cm³/mol. The van der Waals surface area contributed by atoms with Crippen molar-refractivity contribution in [2.45, 2.75) is 18.5 Å². The third kappa shape index (κ3) is 2.85. The SMILES string of the molecule is FC(F)(F)c1ccc(Br)c(-n2cncc2C2CCNC2)c1. The number of imidazole rings is 1. The minimum Gasteiger partial charge on any atom is -0.316 e. The van der Waals surface area contributed by atoms with Crippen LogP contribution in [0, 0.1) is 0 Å². The highest BCUT2D eigenvalue weighted by atomic mass is 79.9.